The molecule has 0 bridgehead atoms. The first-order valence-corrected chi connectivity index (χ1v) is 8.79. The number of H-pyrrole nitrogens is 1. The predicted octanol–water partition coefficient (Wildman–Crippen LogP) is 0.385. The minimum absolute atomic E-state index is 0.159. The first-order chi connectivity index (χ1) is 12.4. The maximum absolute atomic E-state index is 12.8. The first-order valence-electron chi connectivity index (χ1n) is 8.79. The Kier molecular flexibility index (Phi) is 5.24. The SMILES string of the molecule is CCc1cc(C(=O)N2CCn3nc(C(O)CN(C)C)cc3C2)cc(=O)[nH]1. The summed E-state index contributed by atoms with van der Waals surface area (Å²) in [6, 6.07) is 4.93. The number of hydrogen-bond donors (Lipinski definition) is 2. The lowest BCUT2D eigenvalue weighted by atomic mass is 10.1. The largest absolute Gasteiger partial charge is 0.385 e. The van der Waals surface area contributed by atoms with Gasteiger partial charge in [0.1, 0.15) is 6.10 Å². The summed E-state index contributed by atoms with van der Waals surface area (Å²) in [5.74, 6) is -0.159. The summed E-state index contributed by atoms with van der Waals surface area (Å²) < 4.78 is 1.84. The summed E-state index contributed by atoms with van der Waals surface area (Å²) in [4.78, 5) is 30.9. The van der Waals surface area contributed by atoms with E-state index in [-0.39, 0.29) is 11.5 Å². The van der Waals surface area contributed by atoms with Crippen molar-refractivity contribution in [3.8, 4) is 0 Å². The van der Waals surface area contributed by atoms with E-state index in [1.807, 2.05) is 36.7 Å². The van der Waals surface area contributed by atoms with E-state index in [1.165, 1.54) is 6.07 Å². The number of aliphatic hydroxyl groups excluding tert-OH is 1. The van der Waals surface area contributed by atoms with E-state index in [0.29, 0.717) is 43.9 Å². The third-order valence-corrected chi connectivity index (χ3v) is 4.51. The molecular weight excluding hydrogens is 334 g/mol. The van der Waals surface area contributed by atoms with Crippen LogP contribution in [-0.4, -0.2) is 62.8 Å². The number of aliphatic hydroxyl groups is 1. The maximum Gasteiger partial charge on any atom is 0.254 e. The number of carbonyl (C=O) groups is 1. The molecule has 2 aromatic heterocycles. The number of aromatic amines is 1. The van der Waals surface area contributed by atoms with Gasteiger partial charge >= 0.3 is 0 Å². The van der Waals surface area contributed by atoms with Crippen LogP contribution in [0.25, 0.3) is 0 Å². The van der Waals surface area contributed by atoms with Crippen molar-refractivity contribution in [1.29, 1.82) is 0 Å². The fourth-order valence-electron chi connectivity index (χ4n) is 3.16. The van der Waals surface area contributed by atoms with E-state index in [1.54, 1.807) is 11.0 Å². The summed E-state index contributed by atoms with van der Waals surface area (Å²) in [5, 5.41) is 14.7. The molecular formula is C18H25N5O3. The van der Waals surface area contributed by atoms with Gasteiger partial charge in [-0.15, -0.1) is 0 Å². The molecule has 3 heterocycles. The highest BCUT2D eigenvalue weighted by atomic mass is 16.3. The summed E-state index contributed by atoms with van der Waals surface area (Å²) in [7, 11) is 3.79. The third-order valence-electron chi connectivity index (χ3n) is 4.51. The zero-order chi connectivity index (χ0) is 18.8. The van der Waals surface area contributed by atoms with Crippen LogP contribution in [0, 0.1) is 0 Å². The Hall–Kier alpha value is -2.45. The molecule has 0 radical (unpaired) electrons. The van der Waals surface area contributed by atoms with Crippen LogP contribution in [0.4, 0.5) is 0 Å². The number of likely N-dealkylation sites (N-methyl/N-ethyl adjacent to an activating group) is 1. The first kappa shape index (κ1) is 18.3. The number of nitrogens with zero attached hydrogens (tertiary/aromatic N) is 4. The number of nitrogens with one attached hydrogen (secondary N) is 1. The third kappa shape index (κ3) is 3.86. The van der Waals surface area contributed by atoms with Crippen LogP contribution in [0.5, 0.6) is 0 Å². The number of aromatic nitrogens is 3. The number of carbonyl (C=O) groups excluding carboxylic acids is 1. The standard InChI is InChI=1S/C18H25N5O3/c1-4-13-7-12(8-17(25)19-13)18(26)22-5-6-23-14(10-22)9-15(20-23)16(24)11-21(2)3/h7-9,16,24H,4-6,10-11H2,1-3H3,(H,19,25). The number of rotatable bonds is 5. The smallest absolute Gasteiger partial charge is 0.254 e. The molecule has 8 nitrogen and oxygen atoms in total. The van der Waals surface area contributed by atoms with Crippen molar-refractivity contribution < 1.29 is 9.90 Å². The maximum atomic E-state index is 12.8. The monoisotopic (exact) mass is 359 g/mol. The van der Waals surface area contributed by atoms with Gasteiger partial charge in [0.25, 0.3) is 5.91 Å². The summed E-state index contributed by atoms with van der Waals surface area (Å²) in [6.45, 7) is 3.92. The Labute approximate surface area is 152 Å². The lowest BCUT2D eigenvalue weighted by molar-refractivity contribution is 0.0705. The highest BCUT2D eigenvalue weighted by Crippen LogP contribution is 2.20. The van der Waals surface area contributed by atoms with E-state index in [9.17, 15) is 14.7 Å². The molecule has 8 heteroatoms. The molecule has 0 spiro atoms. The topological polar surface area (TPSA) is 94.5 Å². The molecule has 0 saturated carbocycles. The van der Waals surface area contributed by atoms with Crippen molar-refractivity contribution >= 4 is 5.91 Å². The number of pyridine rings is 1. The lowest BCUT2D eigenvalue weighted by Crippen LogP contribution is -2.38. The molecule has 1 amide bonds. The molecule has 0 saturated heterocycles. The molecule has 2 N–H and O–H groups in total. The van der Waals surface area contributed by atoms with Crippen LogP contribution in [0.15, 0.2) is 23.0 Å². The number of hydrogen-bond acceptors (Lipinski definition) is 5. The lowest BCUT2D eigenvalue weighted by Gasteiger charge is -2.27. The van der Waals surface area contributed by atoms with Gasteiger partial charge < -0.3 is 19.9 Å². The Morgan fingerprint density at radius 2 is 2.12 bits per heavy atom. The summed E-state index contributed by atoms with van der Waals surface area (Å²) >= 11 is 0. The van der Waals surface area contributed by atoms with E-state index < -0.39 is 6.10 Å². The van der Waals surface area contributed by atoms with Gasteiger partial charge in [0.05, 0.1) is 24.5 Å². The van der Waals surface area contributed by atoms with Crippen molar-refractivity contribution in [3.63, 3.8) is 0 Å². The van der Waals surface area contributed by atoms with Crippen molar-refractivity contribution in [2.45, 2.75) is 32.5 Å². The van der Waals surface area contributed by atoms with Crippen LogP contribution >= 0.6 is 0 Å². The Morgan fingerprint density at radius 1 is 1.35 bits per heavy atom. The molecule has 1 aliphatic rings. The molecule has 2 aromatic rings. The van der Waals surface area contributed by atoms with Gasteiger partial charge in [-0.05, 0) is 32.6 Å². The quantitative estimate of drug-likeness (QED) is 0.805. The molecule has 1 atom stereocenters. The van der Waals surface area contributed by atoms with E-state index in [0.717, 1.165) is 11.4 Å². The van der Waals surface area contributed by atoms with Gasteiger partial charge in [-0.1, -0.05) is 6.92 Å². The molecule has 1 unspecified atom stereocenters. The Morgan fingerprint density at radius 3 is 2.81 bits per heavy atom. The zero-order valence-corrected chi connectivity index (χ0v) is 15.4. The number of fused-ring (bicyclic) bond motifs is 1. The Bertz CT molecular complexity index is 855. The minimum Gasteiger partial charge on any atom is -0.385 e. The molecule has 26 heavy (non-hydrogen) atoms. The fourth-order valence-corrected chi connectivity index (χ4v) is 3.16. The molecule has 0 aliphatic carbocycles. The average molecular weight is 359 g/mol. The fraction of sp³-hybridized carbons (Fsp3) is 0.500. The van der Waals surface area contributed by atoms with Gasteiger partial charge in [0.2, 0.25) is 5.56 Å². The van der Waals surface area contributed by atoms with E-state index in [4.69, 9.17) is 0 Å². The molecule has 3 rings (SSSR count). The van der Waals surface area contributed by atoms with Crippen molar-refractivity contribution in [2.75, 3.05) is 27.2 Å². The normalized spacial score (nSPS) is 15.2. The second kappa shape index (κ2) is 7.43. The van der Waals surface area contributed by atoms with Crippen LogP contribution in [0.1, 0.15) is 40.5 Å². The second-order valence-corrected chi connectivity index (χ2v) is 6.90. The second-order valence-electron chi connectivity index (χ2n) is 6.90. The van der Waals surface area contributed by atoms with Gasteiger partial charge in [-0.25, -0.2) is 0 Å². The Balaban J connectivity index is 1.78. The van der Waals surface area contributed by atoms with Gasteiger partial charge in [-0.3, -0.25) is 14.3 Å². The molecule has 0 fully saturated rings. The molecule has 0 aromatic carbocycles. The highest BCUT2D eigenvalue weighted by molar-refractivity contribution is 5.94. The van der Waals surface area contributed by atoms with E-state index >= 15 is 0 Å². The molecule has 140 valence electrons. The molecule has 1 aliphatic heterocycles. The van der Waals surface area contributed by atoms with Crippen LogP contribution in [-0.2, 0) is 19.5 Å². The van der Waals surface area contributed by atoms with Crippen molar-refractivity contribution in [2.24, 2.45) is 0 Å². The van der Waals surface area contributed by atoms with Crippen molar-refractivity contribution in [3.05, 3.63) is 51.2 Å². The van der Waals surface area contributed by atoms with Crippen LogP contribution in [0.2, 0.25) is 0 Å². The van der Waals surface area contributed by atoms with Gasteiger partial charge in [0, 0.05) is 30.4 Å². The summed E-state index contributed by atoms with van der Waals surface area (Å²) in [6.07, 6.45) is 0.00281. The summed E-state index contributed by atoms with van der Waals surface area (Å²) in [5.41, 5.74) is 2.40. The van der Waals surface area contributed by atoms with E-state index in [2.05, 4.69) is 10.1 Å². The highest BCUT2D eigenvalue weighted by Gasteiger charge is 2.25. The predicted molar refractivity (Wildman–Crippen MR) is 96.9 cm³/mol. The van der Waals surface area contributed by atoms with Crippen LogP contribution in [0.3, 0.4) is 0 Å². The average Bonchev–Trinajstić information content (AvgIpc) is 3.03. The minimum atomic E-state index is -0.660. The van der Waals surface area contributed by atoms with Crippen LogP contribution < -0.4 is 5.56 Å². The van der Waals surface area contributed by atoms with Gasteiger partial charge in [-0.2, -0.15) is 5.10 Å². The number of amides is 1. The van der Waals surface area contributed by atoms with Crippen molar-refractivity contribution in [1.82, 2.24) is 24.6 Å². The zero-order valence-electron chi connectivity index (χ0n) is 15.4. The number of aryl methyl sites for hydroxylation is 1. The van der Waals surface area contributed by atoms with Gasteiger partial charge in [0.15, 0.2) is 0 Å².